The molecule has 4 nitrogen and oxygen atoms in total. The minimum absolute atomic E-state index is 0.164. The molecule has 1 unspecified atom stereocenters. The number of rotatable bonds is 6. The molecule has 0 saturated carbocycles. The van der Waals surface area contributed by atoms with E-state index in [-0.39, 0.29) is 5.41 Å². The van der Waals surface area contributed by atoms with E-state index in [1.54, 1.807) is 12.1 Å². The average Bonchev–Trinajstić information content (AvgIpc) is 2.61. The Labute approximate surface area is 155 Å². The third-order valence-corrected chi connectivity index (χ3v) is 5.01. The summed E-state index contributed by atoms with van der Waals surface area (Å²) in [6, 6.07) is 16.1. The quantitative estimate of drug-likeness (QED) is 0.438. The van der Waals surface area contributed by atoms with Gasteiger partial charge in [0, 0.05) is 5.41 Å². The summed E-state index contributed by atoms with van der Waals surface area (Å²) in [5.74, 6) is -0.455. The van der Waals surface area contributed by atoms with Gasteiger partial charge in [0.2, 0.25) is 0 Å². The Morgan fingerprint density at radius 3 is 1.88 bits per heavy atom. The lowest BCUT2D eigenvalue weighted by Crippen LogP contribution is -2.30. The molecular weight excluding hydrogens is 328 g/mol. The molecule has 0 aliphatic carbocycles. The highest BCUT2D eigenvalue weighted by atomic mass is 16.5. The molecule has 0 fully saturated rings. The molecule has 4 heteroatoms. The van der Waals surface area contributed by atoms with Gasteiger partial charge >= 0.3 is 11.9 Å². The van der Waals surface area contributed by atoms with Gasteiger partial charge in [-0.25, -0.2) is 0 Å². The van der Waals surface area contributed by atoms with E-state index in [0.29, 0.717) is 11.7 Å². The van der Waals surface area contributed by atoms with E-state index in [0.717, 1.165) is 5.56 Å². The van der Waals surface area contributed by atoms with Gasteiger partial charge in [-0.05, 0) is 36.1 Å². The van der Waals surface area contributed by atoms with Crippen LogP contribution < -0.4 is 4.74 Å². The Morgan fingerprint density at radius 2 is 1.42 bits per heavy atom. The van der Waals surface area contributed by atoms with Crippen molar-refractivity contribution in [3.8, 4) is 5.75 Å². The molecule has 138 valence electrons. The van der Waals surface area contributed by atoms with Crippen LogP contribution in [0, 0.1) is 12.8 Å². The second-order valence-electron chi connectivity index (χ2n) is 6.97. The molecule has 0 aliphatic heterocycles. The lowest BCUT2D eigenvalue weighted by atomic mass is 9.68. The standard InChI is InChI=1S/C22H26O4/c1-15(2)22(4,17-8-6-16(3)7-9-17)18-10-12-19(13-11-18)26-21(24)14-20(23)25-5/h6-13,15H,14H2,1-5H3. The number of hydrogen-bond donors (Lipinski definition) is 0. The van der Waals surface area contributed by atoms with Crippen LogP contribution in [0.25, 0.3) is 0 Å². The third kappa shape index (κ3) is 4.31. The first-order valence-electron chi connectivity index (χ1n) is 8.72. The summed E-state index contributed by atoms with van der Waals surface area (Å²) in [4.78, 5) is 22.8. The molecule has 1 atom stereocenters. The molecule has 0 saturated heterocycles. The first kappa shape index (κ1) is 19.7. The van der Waals surface area contributed by atoms with Crippen LogP contribution in [0.3, 0.4) is 0 Å². The number of hydrogen-bond acceptors (Lipinski definition) is 4. The summed E-state index contributed by atoms with van der Waals surface area (Å²) in [6.07, 6.45) is -0.397. The fourth-order valence-corrected chi connectivity index (χ4v) is 2.96. The lowest BCUT2D eigenvalue weighted by Gasteiger charge is -2.35. The van der Waals surface area contributed by atoms with E-state index < -0.39 is 18.4 Å². The van der Waals surface area contributed by atoms with E-state index >= 15 is 0 Å². The molecule has 2 aromatic rings. The summed E-state index contributed by atoms with van der Waals surface area (Å²) < 4.78 is 9.66. The number of ether oxygens (including phenoxy) is 2. The van der Waals surface area contributed by atoms with Gasteiger partial charge in [-0.1, -0.05) is 62.7 Å². The van der Waals surface area contributed by atoms with E-state index in [4.69, 9.17) is 4.74 Å². The van der Waals surface area contributed by atoms with Crippen molar-refractivity contribution in [3.63, 3.8) is 0 Å². The molecule has 2 aromatic carbocycles. The van der Waals surface area contributed by atoms with E-state index in [9.17, 15) is 9.59 Å². The maximum Gasteiger partial charge on any atom is 0.322 e. The van der Waals surface area contributed by atoms with Crippen LogP contribution in [0.2, 0.25) is 0 Å². The highest BCUT2D eigenvalue weighted by Gasteiger charge is 2.32. The fraction of sp³-hybridized carbons (Fsp3) is 0.364. The predicted octanol–water partition coefficient (Wildman–Crippen LogP) is 4.43. The van der Waals surface area contributed by atoms with E-state index in [1.807, 2.05) is 12.1 Å². The van der Waals surface area contributed by atoms with Crippen LogP contribution in [0.1, 0.15) is 43.9 Å². The van der Waals surface area contributed by atoms with Crippen molar-refractivity contribution in [1.82, 2.24) is 0 Å². The normalized spacial score (nSPS) is 13.2. The minimum atomic E-state index is -0.630. The van der Waals surface area contributed by atoms with E-state index in [1.165, 1.54) is 18.2 Å². The molecule has 26 heavy (non-hydrogen) atoms. The van der Waals surface area contributed by atoms with Crippen LogP contribution in [0.4, 0.5) is 0 Å². The number of carbonyl (C=O) groups is 2. The van der Waals surface area contributed by atoms with Crippen LogP contribution in [-0.2, 0) is 19.7 Å². The number of methoxy groups -OCH3 is 1. The maximum absolute atomic E-state index is 11.7. The molecule has 0 aliphatic rings. The van der Waals surface area contributed by atoms with Crippen molar-refractivity contribution in [2.75, 3.05) is 7.11 Å². The predicted molar refractivity (Wildman–Crippen MR) is 101 cm³/mol. The van der Waals surface area contributed by atoms with Crippen molar-refractivity contribution >= 4 is 11.9 Å². The fourth-order valence-electron chi connectivity index (χ4n) is 2.96. The summed E-state index contributed by atoms with van der Waals surface area (Å²) >= 11 is 0. The van der Waals surface area contributed by atoms with Gasteiger partial charge in [-0.2, -0.15) is 0 Å². The second-order valence-corrected chi connectivity index (χ2v) is 6.97. The third-order valence-electron chi connectivity index (χ3n) is 5.01. The summed E-state index contributed by atoms with van der Waals surface area (Å²) in [5.41, 5.74) is 3.45. The largest absolute Gasteiger partial charge is 0.469 e. The van der Waals surface area contributed by atoms with E-state index in [2.05, 4.69) is 56.7 Å². The maximum atomic E-state index is 11.7. The van der Waals surface area contributed by atoms with Gasteiger partial charge < -0.3 is 9.47 Å². The molecule has 0 aromatic heterocycles. The number of esters is 2. The summed E-state index contributed by atoms with van der Waals surface area (Å²) in [5, 5.41) is 0. The molecule has 0 amide bonds. The zero-order valence-corrected chi connectivity index (χ0v) is 16.0. The first-order chi connectivity index (χ1) is 12.3. The highest BCUT2D eigenvalue weighted by Crippen LogP contribution is 2.39. The van der Waals surface area contributed by atoms with Crippen LogP contribution in [0.15, 0.2) is 48.5 Å². The van der Waals surface area contributed by atoms with Crippen molar-refractivity contribution in [1.29, 1.82) is 0 Å². The Morgan fingerprint density at radius 1 is 0.923 bits per heavy atom. The highest BCUT2D eigenvalue weighted by molar-refractivity contribution is 5.92. The van der Waals surface area contributed by atoms with Crippen LogP contribution in [0.5, 0.6) is 5.75 Å². The van der Waals surface area contributed by atoms with Gasteiger partial charge in [-0.3, -0.25) is 9.59 Å². The Bertz CT molecular complexity index is 760. The minimum Gasteiger partial charge on any atom is -0.469 e. The molecule has 0 bridgehead atoms. The zero-order chi connectivity index (χ0) is 19.3. The Hall–Kier alpha value is -2.62. The monoisotopic (exact) mass is 354 g/mol. The number of aryl methyl sites for hydroxylation is 1. The molecule has 0 radical (unpaired) electrons. The Balaban J connectivity index is 2.24. The number of carbonyl (C=O) groups excluding carboxylic acids is 2. The SMILES string of the molecule is COC(=O)CC(=O)Oc1ccc(C(C)(c2ccc(C)cc2)C(C)C)cc1. The van der Waals surface area contributed by atoms with Crippen molar-refractivity contribution in [2.24, 2.45) is 5.92 Å². The topological polar surface area (TPSA) is 52.6 Å². The number of benzene rings is 2. The Kier molecular flexibility index (Phi) is 6.19. The lowest BCUT2D eigenvalue weighted by molar-refractivity contribution is -0.148. The van der Waals surface area contributed by atoms with Crippen molar-refractivity contribution in [2.45, 2.75) is 39.5 Å². The van der Waals surface area contributed by atoms with Gasteiger partial charge in [0.25, 0.3) is 0 Å². The van der Waals surface area contributed by atoms with Gasteiger partial charge in [-0.15, -0.1) is 0 Å². The molecule has 0 spiro atoms. The molecule has 0 N–H and O–H groups in total. The van der Waals surface area contributed by atoms with Crippen LogP contribution >= 0.6 is 0 Å². The van der Waals surface area contributed by atoms with Gasteiger partial charge in [0.05, 0.1) is 7.11 Å². The zero-order valence-electron chi connectivity index (χ0n) is 16.0. The first-order valence-corrected chi connectivity index (χ1v) is 8.72. The second kappa shape index (κ2) is 8.17. The smallest absolute Gasteiger partial charge is 0.322 e. The average molecular weight is 354 g/mol. The van der Waals surface area contributed by atoms with Gasteiger partial charge in [0.1, 0.15) is 12.2 Å². The van der Waals surface area contributed by atoms with Crippen molar-refractivity contribution < 1.29 is 19.1 Å². The molecular formula is C22H26O4. The molecule has 0 heterocycles. The van der Waals surface area contributed by atoms with Crippen molar-refractivity contribution in [3.05, 3.63) is 65.2 Å². The summed E-state index contributed by atoms with van der Waals surface area (Å²) in [7, 11) is 1.24. The van der Waals surface area contributed by atoms with Crippen LogP contribution in [-0.4, -0.2) is 19.0 Å². The molecule has 2 rings (SSSR count). The van der Waals surface area contributed by atoms with Gasteiger partial charge in [0.15, 0.2) is 0 Å². The summed E-state index contributed by atoms with van der Waals surface area (Å²) in [6.45, 7) is 8.70.